The molecule has 1 saturated carbocycles. The minimum absolute atomic E-state index is 0.0141. The number of nitro groups is 1. The van der Waals surface area contributed by atoms with Crippen molar-refractivity contribution in [3.05, 3.63) is 33.3 Å². The van der Waals surface area contributed by atoms with E-state index in [4.69, 9.17) is 11.6 Å². The Morgan fingerprint density at radius 2 is 2.05 bits per heavy atom. The molecule has 0 aliphatic heterocycles. The third kappa shape index (κ3) is 2.58. The zero-order valence-corrected chi connectivity index (χ0v) is 11.8. The van der Waals surface area contributed by atoms with Crippen molar-refractivity contribution in [2.24, 2.45) is 0 Å². The van der Waals surface area contributed by atoms with E-state index in [0.29, 0.717) is 0 Å². The van der Waals surface area contributed by atoms with Crippen LogP contribution in [0.2, 0.25) is 5.02 Å². The molecular weight excluding hydrogens is 292 g/mol. The van der Waals surface area contributed by atoms with Crippen molar-refractivity contribution in [3.63, 3.8) is 0 Å². The summed E-state index contributed by atoms with van der Waals surface area (Å²) >= 11 is 5.67. The Balaban J connectivity index is 2.40. The van der Waals surface area contributed by atoms with Crippen LogP contribution in [0.25, 0.3) is 0 Å². The van der Waals surface area contributed by atoms with Gasteiger partial charge in [0.1, 0.15) is 5.02 Å². The molecule has 0 unspecified atom stereocenters. The molecule has 0 bridgehead atoms. The molecule has 104 valence electrons. The van der Waals surface area contributed by atoms with Crippen LogP contribution in [0.15, 0.2) is 23.1 Å². The summed E-state index contributed by atoms with van der Waals surface area (Å²) in [5.74, 6) is 0. The van der Waals surface area contributed by atoms with Gasteiger partial charge in [0.2, 0.25) is 10.0 Å². The molecule has 2 rings (SSSR count). The second-order valence-electron chi connectivity index (χ2n) is 4.48. The Labute approximate surface area is 116 Å². The van der Waals surface area contributed by atoms with Gasteiger partial charge in [0.25, 0.3) is 5.69 Å². The number of benzene rings is 1. The molecule has 0 radical (unpaired) electrons. The van der Waals surface area contributed by atoms with Gasteiger partial charge in [-0.1, -0.05) is 18.0 Å². The molecule has 0 heterocycles. The molecule has 19 heavy (non-hydrogen) atoms. The van der Waals surface area contributed by atoms with Gasteiger partial charge in [0.05, 0.1) is 9.82 Å². The average Bonchev–Trinajstić information content (AvgIpc) is 2.26. The van der Waals surface area contributed by atoms with E-state index in [1.807, 2.05) is 0 Å². The van der Waals surface area contributed by atoms with Gasteiger partial charge in [-0.3, -0.25) is 10.1 Å². The van der Waals surface area contributed by atoms with Gasteiger partial charge in [-0.25, -0.2) is 8.42 Å². The Bertz CT molecular complexity index is 613. The highest BCUT2D eigenvalue weighted by molar-refractivity contribution is 7.89. The van der Waals surface area contributed by atoms with Crippen molar-refractivity contribution in [1.29, 1.82) is 0 Å². The van der Waals surface area contributed by atoms with Gasteiger partial charge in [0, 0.05) is 19.2 Å². The van der Waals surface area contributed by atoms with E-state index in [2.05, 4.69) is 0 Å². The molecule has 0 amide bonds. The summed E-state index contributed by atoms with van der Waals surface area (Å²) in [5, 5.41) is 10.7. The molecule has 8 heteroatoms. The quantitative estimate of drug-likeness (QED) is 0.632. The highest BCUT2D eigenvalue weighted by Gasteiger charge is 2.32. The fourth-order valence-electron chi connectivity index (χ4n) is 1.91. The summed E-state index contributed by atoms with van der Waals surface area (Å²) in [6, 6.07) is 3.52. The summed E-state index contributed by atoms with van der Waals surface area (Å²) in [7, 11) is -2.20. The first-order valence-electron chi connectivity index (χ1n) is 5.76. The predicted octanol–water partition coefficient (Wildman–Crippen LogP) is 2.42. The summed E-state index contributed by atoms with van der Waals surface area (Å²) < 4.78 is 25.9. The lowest BCUT2D eigenvalue weighted by Crippen LogP contribution is -2.41. The van der Waals surface area contributed by atoms with Crippen LogP contribution in [-0.2, 0) is 10.0 Å². The van der Waals surface area contributed by atoms with E-state index in [9.17, 15) is 18.5 Å². The Morgan fingerprint density at radius 3 is 2.53 bits per heavy atom. The summed E-state index contributed by atoms with van der Waals surface area (Å²) in [4.78, 5) is 10.00. The predicted molar refractivity (Wildman–Crippen MR) is 70.7 cm³/mol. The van der Waals surface area contributed by atoms with Crippen LogP contribution in [0.3, 0.4) is 0 Å². The molecule has 0 aromatic heterocycles. The van der Waals surface area contributed by atoms with Crippen LogP contribution in [0, 0.1) is 10.1 Å². The standard InChI is InChI=1S/C11H13ClN2O4S/c1-13(8-3-2-4-8)19(17,18)9-5-6-10(12)11(7-9)14(15)16/h5-8H,2-4H2,1H3. The lowest BCUT2D eigenvalue weighted by atomic mass is 9.94. The smallest absolute Gasteiger partial charge is 0.258 e. The van der Waals surface area contributed by atoms with Crippen molar-refractivity contribution < 1.29 is 13.3 Å². The third-order valence-corrected chi connectivity index (χ3v) is 5.61. The first-order valence-corrected chi connectivity index (χ1v) is 7.58. The van der Waals surface area contributed by atoms with Gasteiger partial charge < -0.3 is 0 Å². The van der Waals surface area contributed by atoms with E-state index >= 15 is 0 Å². The number of rotatable bonds is 4. The molecule has 6 nitrogen and oxygen atoms in total. The second kappa shape index (κ2) is 5.07. The van der Waals surface area contributed by atoms with Gasteiger partial charge in [-0.2, -0.15) is 4.31 Å². The molecule has 0 N–H and O–H groups in total. The van der Waals surface area contributed by atoms with Gasteiger partial charge in [-0.05, 0) is 25.0 Å². The second-order valence-corrected chi connectivity index (χ2v) is 6.88. The molecule has 0 spiro atoms. The number of halogens is 1. The number of sulfonamides is 1. The summed E-state index contributed by atoms with van der Waals surface area (Å²) in [6.45, 7) is 0. The lowest BCUT2D eigenvalue weighted by Gasteiger charge is -2.33. The minimum Gasteiger partial charge on any atom is -0.258 e. The molecule has 1 aliphatic rings. The summed E-state index contributed by atoms with van der Waals surface area (Å²) in [5.41, 5.74) is -0.398. The maximum Gasteiger partial charge on any atom is 0.289 e. The number of nitrogens with zero attached hydrogens (tertiary/aromatic N) is 2. The van der Waals surface area contributed by atoms with E-state index in [0.717, 1.165) is 25.3 Å². The maximum absolute atomic E-state index is 12.3. The van der Waals surface area contributed by atoms with Gasteiger partial charge in [0.15, 0.2) is 0 Å². The van der Waals surface area contributed by atoms with E-state index < -0.39 is 20.6 Å². The fraction of sp³-hybridized carbons (Fsp3) is 0.455. The average molecular weight is 305 g/mol. The van der Waals surface area contributed by atoms with Crippen LogP contribution in [-0.4, -0.2) is 30.7 Å². The molecule has 0 atom stereocenters. The highest BCUT2D eigenvalue weighted by atomic mass is 35.5. The Morgan fingerprint density at radius 1 is 1.42 bits per heavy atom. The largest absolute Gasteiger partial charge is 0.289 e. The summed E-state index contributed by atoms with van der Waals surface area (Å²) in [6.07, 6.45) is 2.65. The molecular formula is C11H13ClN2O4S. The topological polar surface area (TPSA) is 80.5 Å². The van der Waals surface area contributed by atoms with Crippen molar-refractivity contribution >= 4 is 27.3 Å². The van der Waals surface area contributed by atoms with Gasteiger partial charge in [-0.15, -0.1) is 0 Å². The van der Waals surface area contributed by atoms with Crippen molar-refractivity contribution in [2.75, 3.05) is 7.05 Å². The number of nitro benzene ring substituents is 1. The zero-order chi connectivity index (χ0) is 14.2. The van der Waals surface area contributed by atoms with Crippen LogP contribution < -0.4 is 0 Å². The zero-order valence-electron chi connectivity index (χ0n) is 10.2. The monoisotopic (exact) mass is 304 g/mol. The number of hydrogen-bond acceptors (Lipinski definition) is 4. The van der Waals surface area contributed by atoms with Crippen molar-refractivity contribution in [2.45, 2.75) is 30.2 Å². The van der Waals surface area contributed by atoms with Crippen molar-refractivity contribution in [3.8, 4) is 0 Å². The minimum atomic E-state index is -3.70. The lowest BCUT2D eigenvalue weighted by molar-refractivity contribution is -0.384. The molecule has 1 aliphatic carbocycles. The Hall–Kier alpha value is -1.18. The van der Waals surface area contributed by atoms with E-state index in [1.165, 1.54) is 23.5 Å². The van der Waals surface area contributed by atoms with Crippen LogP contribution in [0.4, 0.5) is 5.69 Å². The third-order valence-electron chi connectivity index (χ3n) is 3.38. The van der Waals surface area contributed by atoms with Crippen LogP contribution in [0.5, 0.6) is 0 Å². The van der Waals surface area contributed by atoms with Crippen LogP contribution >= 0.6 is 11.6 Å². The Kier molecular flexibility index (Phi) is 3.80. The molecule has 0 saturated heterocycles. The fourth-order valence-corrected chi connectivity index (χ4v) is 3.53. The normalized spacial score (nSPS) is 16.4. The molecule has 1 aromatic carbocycles. The van der Waals surface area contributed by atoms with E-state index in [-0.39, 0.29) is 16.0 Å². The van der Waals surface area contributed by atoms with E-state index in [1.54, 1.807) is 0 Å². The first kappa shape index (κ1) is 14.2. The van der Waals surface area contributed by atoms with Gasteiger partial charge >= 0.3 is 0 Å². The van der Waals surface area contributed by atoms with Crippen molar-refractivity contribution in [1.82, 2.24) is 4.31 Å². The first-order chi connectivity index (χ1) is 8.84. The molecule has 1 aromatic rings. The molecule has 1 fully saturated rings. The van der Waals surface area contributed by atoms with Crippen LogP contribution in [0.1, 0.15) is 19.3 Å². The maximum atomic E-state index is 12.3. The SMILES string of the molecule is CN(C1CCC1)S(=O)(=O)c1ccc(Cl)c([N+](=O)[O-])c1. The highest BCUT2D eigenvalue weighted by Crippen LogP contribution is 2.32. The number of hydrogen-bond donors (Lipinski definition) is 0.